The van der Waals surface area contributed by atoms with Crippen LogP contribution in [0.5, 0.6) is 0 Å². The second kappa shape index (κ2) is 7.93. The minimum atomic E-state index is -2.03. The van der Waals surface area contributed by atoms with Crippen molar-refractivity contribution in [3.8, 4) is 0 Å². The van der Waals surface area contributed by atoms with Gasteiger partial charge in [-0.15, -0.1) is 0 Å². The molecule has 0 unspecified atom stereocenters. The average molecular weight is 577 g/mol. The smallest absolute Gasteiger partial charge is 0.237 e. The van der Waals surface area contributed by atoms with Gasteiger partial charge < -0.3 is 4.74 Å². The van der Waals surface area contributed by atoms with E-state index in [-0.39, 0.29) is 17.7 Å². The number of ether oxygens (including phenoxy) is 1. The molecule has 3 aliphatic rings. The zero-order chi connectivity index (χ0) is 24.5. The lowest BCUT2D eigenvalue weighted by molar-refractivity contribution is -0.145. The van der Waals surface area contributed by atoms with Gasteiger partial charge in [-0.1, -0.05) is 66.2 Å². The number of hydrogen-bond acceptors (Lipinski definition) is 5. The third-order valence-electron chi connectivity index (χ3n) is 7.27. The molecule has 1 spiro atoms. The number of amides is 2. The summed E-state index contributed by atoms with van der Waals surface area (Å²) in [5.74, 6) is -4.22. The summed E-state index contributed by atoms with van der Waals surface area (Å²) in [5.41, 5.74) is 0.957. The molecular formula is C28H20INO5. The van der Waals surface area contributed by atoms with Gasteiger partial charge in [0.1, 0.15) is 0 Å². The molecule has 35 heavy (non-hydrogen) atoms. The first kappa shape index (κ1) is 22.3. The first-order valence-electron chi connectivity index (χ1n) is 11.4. The van der Waals surface area contributed by atoms with E-state index in [0.29, 0.717) is 5.56 Å². The number of carbonyl (C=O) groups is 4. The molecule has 2 aliphatic heterocycles. The number of carbonyl (C=O) groups excluding carboxylic acids is 4. The Morgan fingerprint density at radius 1 is 0.829 bits per heavy atom. The second-order valence-corrected chi connectivity index (χ2v) is 10.5. The zero-order valence-electron chi connectivity index (χ0n) is 18.7. The van der Waals surface area contributed by atoms with Crippen molar-refractivity contribution in [2.45, 2.75) is 25.2 Å². The van der Waals surface area contributed by atoms with Gasteiger partial charge in [-0.2, -0.15) is 0 Å². The maximum absolute atomic E-state index is 13.8. The van der Waals surface area contributed by atoms with Gasteiger partial charge in [0.2, 0.25) is 29.0 Å². The van der Waals surface area contributed by atoms with Gasteiger partial charge in [0.15, 0.2) is 0 Å². The predicted octanol–water partition coefficient (Wildman–Crippen LogP) is 4.29. The fourth-order valence-electron chi connectivity index (χ4n) is 5.56. The minimum Gasteiger partial charge on any atom is -0.349 e. The highest BCUT2D eigenvalue weighted by atomic mass is 127. The first-order valence-corrected chi connectivity index (χ1v) is 12.4. The van der Waals surface area contributed by atoms with Crippen LogP contribution in [0, 0.1) is 22.3 Å². The standard InChI is InChI=1S/C28H20INO5/c1-15-6-8-16(9-7-15)14-30-26(33)21-22(27(30)34)28(35-23(21)17-10-12-18(29)13-11-17)24(31)19-4-2-3-5-20(19)25(28)32/h2-13,21-23H,14H2,1H3/t21-,22+,23-/m1/s1. The predicted molar refractivity (Wildman–Crippen MR) is 135 cm³/mol. The Balaban J connectivity index is 1.48. The minimum absolute atomic E-state index is 0.0791. The molecule has 0 aromatic heterocycles. The molecule has 2 saturated heterocycles. The number of rotatable bonds is 3. The van der Waals surface area contributed by atoms with E-state index in [9.17, 15) is 19.2 Å². The molecule has 0 radical (unpaired) electrons. The molecule has 6 nitrogen and oxygen atoms in total. The Bertz CT molecular complexity index is 1380. The lowest BCUT2D eigenvalue weighted by Gasteiger charge is -2.27. The number of nitrogens with zero attached hydrogens (tertiary/aromatic N) is 1. The van der Waals surface area contributed by atoms with Crippen molar-refractivity contribution < 1.29 is 23.9 Å². The molecular weight excluding hydrogens is 557 g/mol. The van der Waals surface area contributed by atoms with Crippen molar-refractivity contribution >= 4 is 46.0 Å². The number of aryl methyl sites for hydroxylation is 1. The van der Waals surface area contributed by atoms with Crippen LogP contribution in [0.25, 0.3) is 0 Å². The molecule has 7 heteroatoms. The summed E-state index contributed by atoms with van der Waals surface area (Å²) in [4.78, 5) is 56.2. The molecule has 0 saturated carbocycles. The summed E-state index contributed by atoms with van der Waals surface area (Å²) in [6.45, 7) is 2.04. The van der Waals surface area contributed by atoms with E-state index in [1.165, 1.54) is 4.90 Å². The van der Waals surface area contributed by atoms with Crippen LogP contribution in [0.15, 0.2) is 72.8 Å². The van der Waals surface area contributed by atoms with Gasteiger partial charge in [-0.05, 0) is 52.8 Å². The molecule has 0 N–H and O–H groups in total. The van der Waals surface area contributed by atoms with Crippen molar-refractivity contribution in [3.63, 3.8) is 0 Å². The molecule has 1 aliphatic carbocycles. The molecule has 6 rings (SSSR count). The van der Waals surface area contributed by atoms with Gasteiger partial charge in [-0.3, -0.25) is 24.1 Å². The van der Waals surface area contributed by atoms with E-state index < -0.39 is 46.9 Å². The number of benzene rings is 3. The molecule has 2 fully saturated rings. The van der Waals surface area contributed by atoms with E-state index in [4.69, 9.17) is 4.74 Å². The lowest BCUT2D eigenvalue weighted by Crippen LogP contribution is -2.50. The topological polar surface area (TPSA) is 80.8 Å². The summed E-state index contributed by atoms with van der Waals surface area (Å²) in [6.07, 6.45) is -0.890. The second-order valence-electron chi connectivity index (χ2n) is 9.28. The molecule has 0 bridgehead atoms. The number of fused-ring (bicyclic) bond motifs is 3. The van der Waals surface area contributed by atoms with Crippen LogP contribution >= 0.6 is 22.6 Å². The Morgan fingerprint density at radius 2 is 1.43 bits per heavy atom. The summed E-state index contributed by atoms with van der Waals surface area (Å²) in [7, 11) is 0. The molecule has 3 atom stereocenters. The highest BCUT2D eigenvalue weighted by molar-refractivity contribution is 14.1. The monoisotopic (exact) mass is 577 g/mol. The molecule has 3 aromatic rings. The van der Waals surface area contributed by atoms with Crippen LogP contribution in [-0.2, 0) is 20.9 Å². The molecule has 3 aromatic carbocycles. The number of hydrogen-bond donors (Lipinski definition) is 0. The maximum Gasteiger partial charge on any atom is 0.237 e. The third kappa shape index (κ3) is 3.11. The van der Waals surface area contributed by atoms with Gasteiger partial charge in [0.25, 0.3) is 0 Å². The third-order valence-corrected chi connectivity index (χ3v) is 7.99. The van der Waals surface area contributed by atoms with Crippen molar-refractivity contribution in [1.29, 1.82) is 0 Å². The average Bonchev–Trinajstić information content (AvgIpc) is 3.42. The SMILES string of the molecule is Cc1ccc(CN2C(=O)[C@H]3[C@@H](c4ccc(I)cc4)OC4(C(=O)c5ccccc5C4=O)[C@@H]3C2=O)cc1. The summed E-state index contributed by atoms with van der Waals surface area (Å²) >= 11 is 2.18. The van der Waals surface area contributed by atoms with Crippen molar-refractivity contribution in [2.24, 2.45) is 11.8 Å². The van der Waals surface area contributed by atoms with Crippen molar-refractivity contribution in [3.05, 3.63) is 104 Å². The van der Waals surface area contributed by atoms with Crippen LogP contribution in [-0.4, -0.2) is 33.9 Å². The Hall–Kier alpha value is -3.17. The van der Waals surface area contributed by atoms with Crippen LogP contribution < -0.4 is 0 Å². The quantitative estimate of drug-likeness (QED) is 0.264. The van der Waals surface area contributed by atoms with E-state index in [1.807, 2.05) is 55.5 Å². The number of halogens is 1. The number of imide groups is 1. The van der Waals surface area contributed by atoms with Gasteiger partial charge >= 0.3 is 0 Å². The normalized spacial score (nSPS) is 24.4. The van der Waals surface area contributed by atoms with Crippen LogP contribution in [0.2, 0.25) is 0 Å². The highest BCUT2D eigenvalue weighted by Crippen LogP contribution is 2.57. The zero-order valence-corrected chi connectivity index (χ0v) is 20.9. The van der Waals surface area contributed by atoms with Crippen LogP contribution in [0.3, 0.4) is 0 Å². The molecule has 2 amide bonds. The Labute approximate surface area is 215 Å². The van der Waals surface area contributed by atoms with E-state index in [0.717, 1.165) is 14.7 Å². The van der Waals surface area contributed by atoms with Crippen molar-refractivity contribution in [1.82, 2.24) is 4.90 Å². The van der Waals surface area contributed by atoms with Gasteiger partial charge in [0, 0.05) is 14.7 Å². The van der Waals surface area contributed by atoms with Crippen molar-refractivity contribution in [2.75, 3.05) is 0 Å². The van der Waals surface area contributed by atoms with E-state index in [2.05, 4.69) is 22.6 Å². The Kier molecular flexibility index (Phi) is 5.05. The highest BCUT2D eigenvalue weighted by Gasteiger charge is 2.74. The van der Waals surface area contributed by atoms with E-state index in [1.54, 1.807) is 24.3 Å². The molecule has 2 heterocycles. The number of ketones is 2. The lowest BCUT2D eigenvalue weighted by atomic mass is 9.77. The molecule has 174 valence electrons. The summed E-state index contributed by atoms with van der Waals surface area (Å²) < 4.78 is 7.29. The van der Waals surface area contributed by atoms with Gasteiger partial charge in [0.05, 0.1) is 24.5 Å². The summed E-state index contributed by atoms with van der Waals surface area (Å²) in [6, 6.07) is 21.5. The van der Waals surface area contributed by atoms with Crippen LogP contribution in [0.4, 0.5) is 0 Å². The van der Waals surface area contributed by atoms with E-state index >= 15 is 0 Å². The Morgan fingerprint density at radius 3 is 2.03 bits per heavy atom. The van der Waals surface area contributed by atoms with Crippen LogP contribution in [0.1, 0.15) is 43.5 Å². The van der Waals surface area contributed by atoms with Gasteiger partial charge in [-0.25, -0.2) is 0 Å². The first-order chi connectivity index (χ1) is 16.8. The summed E-state index contributed by atoms with van der Waals surface area (Å²) in [5, 5.41) is 0. The maximum atomic E-state index is 13.8. The fraction of sp³-hybridized carbons (Fsp3) is 0.214. The number of likely N-dealkylation sites (tertiary alicyclic amines) is 1. The number of Topliss-reactive ketones (excluding diaryl/α,β-unsaturated/α-hetero) is 2. The fourth-order valence-corrected chi connectivity index (χ4v) is 5.92. The largest absolute Gasteiger partial charge is 0.349 e.